The van der Waals surface area contributed by atoms with Crippen LogP contribution >= 0.6 is 15.9 Å². The maximum atomic E-state index is 12.5. The van der Waals surface area contributed by atoms with Crippen molar-refractivity contribution >= 4 is 38.8 Å². The van der Waals surface area contributed by atoms with Crippen LogP contribution in [0.15, 0.2) is 41.1 Å². The molecule has 0 bridgehead atoms. The van der Waals surface area contributed by atoms with E-state index in [4.69, 9.17) is 0 Å². The average Bonchev–Trinajstić information content (AvgIpc) is 3.12. The van der Waals surface area contributed by atoms with Gasteiger partial charge in [-0.25, -0.2) is 4.98 Å². The fourth-order valence-electron chi connectivity index (χ4n) is 2.66. The van der Waals surface area contributed by atoms with Crippen molar-refractivity contribution in [3.05, 3.63) is 41.1 Å². The minimum Gasteiger partial charge on any atom is -0.310 e. The van der Waals surface area contributed by atoms with Crippen LogP contribution in [0.25, 0.3) is 11.0 Å². The number of nitrogens with one attached hydrogen (secondary N) is 1. The Morgan fingerprint density at radius 1 is 1.38 bits per heavy atom. The minimum atomic E-state index is -0.216. The van der Waals surface area contributed by atoms with Gasteiger partial charge in [-0.3, -0.25) is 14.8 Å². The molecule has 0 unspecified atom stereocenters. The van der Waals surface area contributed by atoms with Gasteiger partial charge < -0.3 is 4.57 Å². The molecular formula is C17H20BrN5O. The summed E-state index contributed by atoms with van der Waals surface area (Å²) < 4.78 is 4.72. The second-order valence-corrected chi connectivity index (χ2v) is 6.76. The molecule has 1 aromatic carbocycles. The SMILES string of the molecule is CCCn1c(NC(=O)[C@@H](C)Cn2cc(Br)cn2)nc2ccccc21. The van der Waals surface area contributed by atoms with E-state index in [2.05, 4.69) is 42.8 Å². The molecule has 3 aromatic rings. The highest BCUT2D eigenvalue weighted by Gasteiger charge is 2.18. The van der Waals surface area contributed by atoms with Gasteiger partial charge in [-0.2, -0.15) is 5.10 Å². The highest BCUT2D eigenvalue weighted by molar-refractivity contribution is 9.10. The number of amides is 1. The van der Waals surface area contributed by atoms with Crippen LogP contribution < -0.4 is 5.32 Å². The first kappa shape index (κ1) is 16.7. The Bertz CT molecular complexity index is 854. The van der Waals surface area contributed by atoms with E-state index in [1.54, 1.807) is 10.9 Å². The van der Waals surface area contributed by atoms with E-state index in [0.717, 1.165) is 28.5 Å². The molecule has 2 aromatic heterocycles. The van der Waals surface area contributed by atoms with Crippen molar-refractivity contribution in [1.82, 2.24) is 19.3 Å². The molecule has 24 heavy (non-hydrogen) atoms. The summed E-state index contributed by atoms with van der Waals surface area (Å²) in [4.78, 5) is 17.1. The van der Waals surface area contributed by atoms with Crippen LogP contribution in [-0.4, -0.2) is 25.2 Å². The largest absolute Gasteiger partial charge is 0.310 e. The van der Waals surface area contributed by atoms with Gasteiger partial charge in [0.05, 0.1) is 34.2 Å². The number of para-hydroxylation sites is 2. The van der Waals surface area contributed by atoms with E-state index in [-0.39, 0.29) is 11.8 Å². The Hall–Kier alpha value is -2.15. The lowest BCUT2D eigenvalue weighted by Crippen LogP contribution is -2.26. The van der Waals surface area contributed by atoms with Gasteiger partial charge >= 0.3 is 0 Å². The number of rotatable bonds is 6. The van der Waals surface area contributed by atoms with Crippen LogP contribution in [0, 0.1) is 5.92 Å². The number of imidazole rings is 1. The van der Waals surface area contributed by atoms with E-state index < -0.39 is 0 Å². The lowest BCUT2D eigenvalue weighted by Gasteiger charge is -2.13. The highest BCUT2D eigenvalue weighted by Crippen LogP contribution is 2.20. The van der Waals surface area contributed by atoms with E-state index >= 15 is 0 Å². The molecule has 3 rings (SSSR count). The fraction of sp³-hybridized carbons (Fsp3) is 0.353. The van der Waals surface area contributed by atoms with Crippen LogP contribution in [0.4, 0.5) is 5.95 Å². The lowest BCUT2D eigenvalue weighted by atomic mass is 10.1. The van der Waals surface area contributed by atoms with Gasteiger partial charge in [0.25, 0.3) is 0 Å². The van der Waals surface area contributed by atoms with Crippen molar-refractivity contribution < 1.29 is 4.79 Å². The summed E-state index contributed by atoms with van der Waals surface area (Å²) in [6, 6.07) is 7.93. The first-order chi connectivity index (χ1) is 11.6. The molecule has 0 aliphatic rings. The van der Waals surface area contributed by atoms with Gasteiger partial charge in [-0.15, -0.1) is 0 Å². The van der Waals surface area contributed by atoms with E-state index in [1.807, 2.05) is 37.4 Å². The average molecular weight is 390 g/mol. The molecule has 0 radical (unpaired) electrons. The van der Waals surface area contributed by atoms with Crippen LogP contribution in [0.1, 0.15) is 20.3 Å². The van der Waals surface area contributed by atoms with Crippen molar-refractivity contribution in [3.63, 3.8) is 0 Å². The number of halogens is 1. The summed E-state index contributed by atoms with van der Waals surface area (Å²) >= 11 is 3.36. The van der Waals surface area contributed by atoms with E-state index in [9.17, 15) is 4.79 Å². The van der Waals surface area contributed by atoms with E-state index in [1.165, 1.54) is 0 Å². The Kier molecular flexibility index (Phi) is 4.99. The zero-order valence-electron chi connectivity index (χ0n) is 13.7. The molecule has 1 atom stereocenters. The molecule has 0 fully saturated rings. The Labute approximate surface area is 149 Å². The number of carbonyl (C=O) groups excluding carboxylic acids is 1. The molecule has 0 spiro atoms. The summed E-state index contributed by atoms with van der Waals surface area (Å²) in [5.41, 5.74) is 1.93. The molecular weight excluding hydrogens is 370 g/mol. The topological polar surface area (TPSA) is 64.7 Å². The molecule has 126 valence electrons. The van der Waals surface area contributed by atoms with Crippen molar-refractivity contribution in [2.75, 3.05) is 5.32 Å². The number of carbonyl (C=O) groups is 1. The number of hydrogen-bond acceptors (Lipinski definition) is 3. The number of hydrogen-bond donors (Lipinski definition) is 1. The van der Waals surface area contributed by atoms with Gasteiger partial charge in [0.1, 0.15) is 0 Å². The highest BCUT2D eigenvalue weighted by atomic mass is 79.9. The van der Waals surface area contributed by atoms with Gasteiger partial charge in [-0.1, -0.05) is 26.0 Å². The van der Waals surface area contributed by atoms with Crippen molar-refractivity contribution in [2.24, 2.45) is 5.92 Å². The van der Waals surface area contributed by atoms with Crippen LogP contribution in [-0.2, 0) is 17.9 Å². The molecule has 0 aliphatic carbocycles. The van der Waals surface area contributed by atoms with E-state index in [0.29, 0.717) is 12.5 Å². The Balaban J connectivity index is 1.78. The number of anilines is 1. The Morgan fingerprint density at radius 3 is 2.88 bits per heavy atom. The standard InChI is InChI=1S/C17H20BrN5O/c1-3-8-23-15-7-5-4-6-14(15)20-17(23)21-16(24)12(2)10-22-11-13(18)9-19-22/h4-7,9,11-12H,3,8,10H2,1-2H3,(H,20,21,24)/t12-/m0/s1. The number of aryl methyl sites for hydroxylation is 1. The second kappa shape index (κ2) is 7.17. The molecule has 0 saturated carbocycles. The van der Waals surface area contributed by atoms with Crippen molar-refractivity contribution in [2.45, 2.75) is 33.4 Å². The predicted octanol–water partition coefficient (Wildman–Crippen LogP) is 3.68. The van der Waals surface area contributed by atoms with Crippen LogP contribution in [0.2, 0.25) is 0 Å². The first-order valence-corrected chi connectivity index (χ1v) is 8.82. The molecule has 0 saturated heterocycles. The number of aromatic nitrogens is 4. The summed E-state index contributed by atoms with van der Waals surface area (Å²) in [6.07, 6.45) is 4.54. The van der Waals surface area contributed by atoms with Crippen LogP contribution in [0.3, 0.4) is 0 Å². The van der Waals surface area contributed by atoms with Gasteiger partial charge in [-0.05, 0) is 34.5 Å². The third-order valence-corrected chi connectivity index (χ3v) is 4.26. The number of nitrogens with zero attached hydrogens (tertiary/aromatic N) is 4. The lowest BCUT2D eigenvalue weighted by molar-refractivity contribution is -0.119. The normalized spacial score (nSPS) is 12.5. The van der Waals surface area contributed by atoms with Crippen molar-refractivity contribution in [1.29, 1.82) is 0 Å². The van der Waals surface area contributed by atoms with Gasteiger partial charge in [0.2, 0.25) is 11.9 Å². The predicted molar refractivity (Wildman–Crippen MR) is 97.7 cm³/mol. The molecule has 1 N–H and O–H groups in total. The number of fused-ring (bicyclic) bond motifs is 1. The Morgan fingerprint density at radius 2 is 2.17 bits per heavy atom. The quantitative estimate of drug-likeness (QED) is 0.699. The van der Waals surface area contributed by atoms with Crippen LogP contribution in [0.5, 0.6) is 0 Å². The van der Waals surface area contributed by atoms with Gasteiger partial charge in [0.15, 0.2) is 0 Å². The maximum absolute atomic E-state index is 12.5. The molecule has 1 amide bonds. The summed E-state index contributed by atoms with van der Waals surface area (Å²) in [7, 11) is 0. The zero-order chi connectivity index (χ0) is 17.1. The third-order valence-electron chi connectivity index (χ3n) is 3.85. The summed E-state index contributed by atoms with van der Waals surface area (Å²) in [5.74, 6) is 0.331. The summed E-state index contributed by atoms with van der Waals surface area (Å²) in [6.45, 7) is 5.33. The molecule has 0 aliphatic heterocycles. The molecule has 6 nitrogen and oxygen atoms in total. The summed E-state index contributed by atoms with van der Waals surface area (Å²) in [5, 5.41) is 7.17. The first-order valence-electron chi connectivity index (χ1n) is 8.02. The zero-order valence-corrected chi connectivity index (χ0v) is 15.3. The van der Waals surface area contributed by atoms with Gasteiger partial charge in [0, 0.05) is 12.7 Å². The minimum absolute atomic E-state index is 0.0609. The monoisotopic (exact) mass is 389 g/mol. The molecule has 2 heterocycles. The maximum Gasteiger partial charge on any atom is 0.231 e. The molecule has 7 heteroatoms. The third kappa shape index (κ3) is 3.51. The van der Waals surface area contributed by atoms with Crippen molar-refractivity contribution in [3.8, 4) is 0 Å². The smallest absolute Gasteiger partial charge is 0.231 e. The number of benzene rings is 1. The fourth-order valence-corrected chi connectivity index (χ4v) is 2.98. The second-order valence-electron chi connectivity index (χ2n) is 5.85.